The number of rotatable bonds is 3. The summed E-state index contributed by atoms with van der Waals surface area (Å²) in [6.07, 6.45) is 6.70. The summed E-state index contributed by atoms with van der Waals surface area (Å²) in [5, 5.41) is 10.9. The number of aliphatic hydroxyl groups excluding tert-OH is 1. The van der Waals surface area contributed by atoms with Gasteiger partial charge < -0.3 is 5.11 Å². The maximum absolute atomic E-state index is 11.5. The monoisotopic (exact) mass is 719 g/mol. The van der Waals surface area contributed by atoms with Gasteiger partial charge >= 0.3 is 0 Å². The summed E-state index contributed by atoms with van der Waals surface area (Å²) in [6, 6.07) is 19.1. The molecule has 0 aliphatic heterocycles. The first-order valence-electron chi connectivity index (χ1n) is 14.4. The molecule has 1 saturated carbocycles. The molecule has 1 aliphatic carbocycles. The van der Waals surface area contributed by atoms with Crippen molar-refractivity contribution in [3.63, 3.8) is 0 Å². The molecule has 219 valence electrons. The van der Waals surface area contributed by atoms with E-state index in [1.807, 2.05) is 41.5 Å². The minimum absolute atomic E-state index is 0. The average molecular weight is 719 g/mol. The molecule has 1 aromatic heterocycles. The van der Waals surface area contributed by atoms with E-state index in [0.29, 0.717) is 5.92 Å². The number of carbonyl (C=O) groups excluding carboxylic acids is 1. The van der Waals surface area contributed by atoms with Crippen LogP contribution in [0.5, 0.6) is 0 Å². The predicted octanol–water partition coefficient (Wildman–Crippen LogP) is 10.1. The maximum Gasteiger partial charge on any atom is 0.164 e. The fourth-order valence-corrected chi connectivity index (χ4v) is 4.76. The molecule has 0 spiro atoms. The van der Waals surface area contributed by atoms with Gasteiger partial charge in [-0.2, -0.15) is 0 Å². The van der Waals surface area contributed by atoms with Crippen molar-refractivity contribution in [3.8, 4) is 11.3 Å². The van der Waals surface area contributed by atoms with Gasteiger partial charge in [0, 0.05) is 42.4 Å². The molecule has 1 aliphatic rings. The van der Waals surface area contributed by atoms with Crippen molar-refractivity contribution in [2.45, 2.75) is 106 Å². The normalized spacial score (nSPS) is 14.9. The van der Waals surface area contributed by atoms with Crippen LogP contribution in [0.3, 0.4) is 0 Å². The van der Waals surface area contributed by atoms with Gasteiger partial charge in [0.25, 0.3) is 0 Å². The van der Waals surface area contributed by atoms with E-state index in [4.69, 9.17) is 4.98 Å². The van der Waals surface area contributed by atoms with Crippen LogP contribution in [-0.2, 0) is 30.3 Å². The number of allylic oxidation sites excluding steroid dienone is 2. The number of aromatic nitrogens is 1. The summed E-state index contributed by atoms with van der Waals surface area (Å²) < 4.78 is 0. The van der Waals surface area contributed by atoms with E-state index in [1.165, 1.54) is 53.8 Å². The van der Waals surface area contributed by atoms with Crippen molar-refractivity contribution in [1.82, 2.24) is 4.98 Å². The predicted molar refractivity (Wildman–Crippen MR) is 165 cm³/mol. The number of aliphatic hydroxyl groups is 1. The van der Waals surface area contributed by atoms with Crippen LogP contribution in [0.25, 0.3) is 22.2 Å². The maximum atomic E-state index is 11.5. The number of hydrogen-bond acceptors (Lipinski definition) is 3. The van der Waals surface area contributed by atoms with E-state index >= 15 is 0 Å². The number of aryl methyl sites for hydroxylation is 1. The van der Waals surface area contributed by atoms with Crippen molar-refractivity contribution in [2.24, 2.45) is 10.8 Å². The molecule has 2 aromatic carbocycles. The smallest absolute Gasteiger partial charge is 0.164 e. The topological polar surface area (TPSA) is 50.2 Å². The number of fused-ring (bicyclic) bond motifs is 1. The van der Waals surface area contributed by atoms with E-state index in [1.54, 1.807) is 0 Å². The van der Waals surface area contributed by atoms with Gasteiger partial charge in [-0.15, -0.1) is 34.9 Å². The van der Waals surface area contributed by atoms with Crippen molar-refractivity contribution in [1.29, 1.82) is 0 Å². The number of hydrogen-bond donors (Lipinski definition) is 1. The Labute approximate surface area is 256 Å². The van der Waals surface area contributed by atoms with Crippen LogP contribution >= 0.6 is 0 Å². The van der Waals surface area contributed by atoms with E-state index in [0.717, 1.165) is 16.8 Å². The number of pyridine rings is 1. The molecule has 40 heavy (non-hydrogen) atoms. The standard InChI is InChI=1S/C25H28N.C11H20O2.Ir/c1-17-14-19(16-20(15-17)25(2,3)4)23-13-12-22-21(18-8-5-6-9-18)10-7-11-24(22)26-23;1-10(2,3)8(12)7-9(13)11(4,5)6;/h7,10-13,15-16,18H,5-6,8-9H2,1-4H3;7,12H,1-6H3;/q-1;;/b;8-7-;. The molecule has 0 unspecified atom stereocenters. The summed E-state index contributed by atoms with van der Waals surface area (Å²) >= 11 is 0. The zero-order valence-corrected chi connectivity index (χ0v) is 28.6. The van der Waals surface area contributed by atoms with E-state index in [2.05, 4.69) is 76.2 Å². The molecule has 0 amide bonds. The number of ketones is 1. The van der Waals surface area contributed by atoms with Crippen LogP contribution < -0.4 is 0 Å². The molecule has 1 N–H and O–H groups in total. The molecule has 0 bridgehead atoms. The molecular formula is C36H48IrNO2-. The van der Waals surface area contributed by atoms with Gasteiger partial charge in [-0.05, 0) is 41.5 Å². The van der Waals surface area contributed by atoms with E-state index in [9.17, 15) is 9.90 Å². The van der Waals surface area contributed by atoms with Crippen molar-refractivity contribution in [2.75, 3.05) is 0 Å². The van der Waals surface area contributed by atoms with Crippen LogP contribution in [0.2, 0.25) is 0 Å². The second-order valence-electron chi connectivity index (χ2n) is 14.2. The third-order valence-corrected chi connectivity index (χ3v) is 7.48. The third-order valence-electron chi connectivity index (χ3n) is 7.48. The molecule has 3 aromatic rings. The van der Waals surface area contributed by atoms with Crippen LogP contribution in [0.4, 0.5) is 0 Å². The second-order valence-corrected chi connectivity index (χ2v) is 14.2. The number of benzene rings is 2. The van der Waals surface area contributed by atoms with Gasteiger partial charge in [-0.1, -0.05) is 106 Å². The molecule has 1 heterocycles. The van der Waals surface area contributed by atoms with Gasteiger partial charge in [0.1, 0.15) is 5.76 Å². The zero-order valence-electron chi connectivity index (χ0n) is 26.2. The second kappa shape index (κ2) is 13.1. The fourth-order valence-electron chi connectivity index (χ4n) is 4.76. The van der Waals surface area contributed by atoms with Crippen LogP contribution in [-0.4, -0.2) is 15.9 Å². The Morgan fingerprint density at radius 3 is 2.10 bits per heavy atom. The molecule has 4 heteroatoms. The van der Waals surface area contributed by atoms with Gasteiger partial charge in [0.15, 0.2) is 5.78 Å². The Balaban J connectivity index is 0.000000344. The Kier molecular flexibility index (Phi) is 11.1. The van der Waals surface area contributed by atoms with Crippen LogP contribution in [0.15, 0.2) is 54.3 Å². The Morgan fingerprint density at radius 2 is 1.55 bits per heavy atom. The van der Waals surface area contributed by atoms with Gasteiger partial charge in [-0.25, -0.2) is 0 Å². The van der Waals surface area contributed by atoms with Crippen molar-refractivity contribution in [3.05, 3.63) is 77.1 Å². The Hall–Kier alpha value is -2.29. The van der Waals surface area contributed by atoms with Gasteiger partial charge in [0.2, 0.25) is 0 Å². The Bertz CT molecular complexity index is 1340. The summed E-state index contributed by atoms with van der Waals surface area (Å²) in [7, 11) is 0. The molecule has 0 atom stereocenters. The summed E-state index contributed by atoms with van der Waals surface area (Å²) in [6.45, 7) is 20.0. The fraction of sp³-hybridized carbons (Fsp3) is 0.500. The van der Waals surface area contributed by atoms with Gasteiger partial charge in [0.05, 0.1) is 5.52 Å². The molecule has 4 rings (SSSR count). The third kappa shape index (κ3) is 8.85. The number of nitrogens with zero attached hydrogens (tertiary/aromatic N) is 1. The van der Waals surface area contributed by atoms with Crippen LogP contribution in [0.1, 0.15) is 111 Å². The molecule has 0 saturated heterocycles. The molecular weight excluding hydrogens is 671 g/mol. The Morgan fingerprint density at radius 1 is 0.925 bits per heavy atom. The van der Waals surface area contributed by atoms with E-state index in [-0.39, 0.29) is 42.5 Å². The first-order chi connectivity index (χ1) is 18.0. The SMILES string of the molecule is CC(C)(C)C(=O)/C=C(\O)C(C)(C)C.Cc1[c-]c(-c2ccc3c(C4CCCC4)cccc3n2)cc(C(C)(C)C)c1.[Ir]. The first-order valence-corrected chi connectivity index (χ1v) is 14.4. The largest absolute Gasteiger partial charge is 0.512 e. The minimum Gasteiger partial charge on any atom is -0.512 e. The van der Waals surface area contributed by atoms with Gasteiger partial charge in [-0.3, -0.25) is 9.78 Å². The number of carbonyl (C=O) groups is 1. The molecule has 1 radical (unpaired) electrons. The molecule has 1 fully saturated rings. The van der Waals surface area contributed by atoms with Crippen LogP contribution in [0, 0.1) is 23.8 Å². The minimum atomic E-state index is -0.417. The van der Waals surface area contributed by atoms with E-state index < -0.39 is 5.41 Å². The molecule has 3 nitrogen and oxygen atoms in total. The summed E-state index contributed by atoms with van der Waals surface area (Å²) in [5.41, 5.74) is 6.60. The summed E-state index contributed by atoms with van der Waals surface area (Å²) in [5.74, 6) is 0.816. The first kappa shape index (κ1) is 33.9. The zero-order chi connectivity index (χ0) is 29.2. The van der Waals surface area contributed by atoms with Crippen molar-refractivity contribution >= 4 is 16.7 Å². The van der Waals surface area contributed by atoms with Crippen molar-refractivity contribution < 1.29 is 30.0 Å². The summed E-state index contributed by atoms with van der Waals surface area (Å²) in [4.78, 5) is 16.5. The average Bonchev–Trinajstić information content (AvgIpc) is 3.36. The quantitative estimate of drug-likeness (QED) is 0.167.